The van der Waals surface area contributed by atoms with Crippen LogP contribution in [0.1, 0.15) is 5.56 Å². The molecular weight excluding hydrogens is 188 g/mol. The van der Waals surface area contributed by atoms with Gasteiger partial charge in [0.05, 0.1) is 12.6 Å². The van der Waals surface area contributed by atoms with E-state index in [2.05, 4.69) is 0 Å². The smallest absolute Gasteiger partial charge is 0.184 e. The molecule has 0 aliphatic heterocycles. The molecule has 0 amide bonds. The molecule has 0 aromatic carbocycles. The standard InChI is InChI=1S/C9H9ClN2O/c1-7-5-12(3-2-9(7)13)6-8(10)4-11/h2-3,5,8H,6H2,1H3. The Morgan fingerprint density at radius 3 is 3.00 bits per heavy atom. The number of aryl methyl sites for hydroxylation is 1. The highest BCUT2D eigenvalue weighted by molar-refractivity contribution is 6.22. The number of aromatic nitrogens is 1. The van der Waals surface area contributed by atoms with E-state index in [4.69, 9.17) is 16.9 Å². The predicted octanol–water partition coefficient (Wildman–Crippen LogP) is 1.29. The van der Waals surface area contributed by atoms with Crippen molar-refractivity contribution in [1.82, 2.24) is 4.57 Å². The Morgan fingerprint density at radius 1 is 1.77 bits per heavy atom. The Balaban J connectivity index is 2.87. The number of rotatable bonds is 2. The molecular formula is C9H9ClN2O. The molecule has 0 fully saturated rings. The van der Waals surface area contributed by atoms with Gasteiger partial charge in [-0.2, -0.15) is 5.26 Å². The van der Waals surface area contributed by atoms with Crippen LogP contribution in [-0.2, 0) is 6.54 Å². The Bertz CT molecular complexity index is 391. The largest absolute Gasteiger partial charge is 0.351 e. The van der Waals surface area contributed by atoms with E-state index in [1.807, 2.05) is 6.07 Å². The molecule has 1 unspecified atom stereocenters. The van der Waals surface area contributed by atoms with Crippen molar-refractivity contribution in [3.05, 3.63) is 34.2 Å². The van der Waals surface area contributed by atoms with Gasteiger partial charge < -0.3 is 4.57 Å². The molecule has 4 heteroatoms. The summed E-state index contributed by atoms with van der Waals surface area (Å²) in [5.41, 5.74) is 0.656. The lowest BCUT2D eigenvalue weighted by atomic mass is 10.3. The van der Waals surface area contributed by atoms with Gasteiger partial charge in [0.25, 0.3) is 0 Å². The van der Waals surface area contributed by atoms with E-state index in [0.717, 1.165) is 0 Å². The molecule has 0 bridgehead atoms. The maximum absolute atomic E-state index is 11.0. The van der Waals surface area contributed by atoms with Crippen molar-refractivity contribution in [2.24, 2.45) is 0 Å². The molecule has 0 spiro atoms. The van der Waals surface area contributed by atoms with Gasteiger partial charge in [-0.1, -0.05) is 0 Å². The van der Waals surface area contributed by atoms with Gasteiger partial charge >= 0.3 is 0 Å². The first-order chi connectivity index (χ1) is 6.13. The molecule has 1 aromatic heterocycles. The number of pyridine rings is 1. The van der Waals surface area contributed by atoms with Crippen molar-refractivity contribution < 1.29 is 0 Å². The first kappa shape index (κ1) is 9.82. The second kappa shape index (κ2) is 4.11. The average molecular weight is 197 g/mol. The van der Waals surface area contributed by atoms with E-state index in [-0.39, 0.29) is 5.43 Å². The Kier molecular flexibility index (Phi) is 3.10. The van der Waals surface area contributed by atoms with Crippen LogP contribution >= 0.6 is 11.6 Å². The van der Waals surface area contributed by atoms with Crippen molar-refractivity contribution >= 4 is 11.6 Å². The molecule has 3 nitrogen and oxygen atoms in total. The molecule has 0 N–H and O–H groups in total. The van der Waals surface area contributed by atoms with E-state index in [1.165, 1.54) is 6.07 Å². The SMILES string of the molecule is Cc1cn(CC(Cl)C#N)ccc1=O. The van der Waals surface area contributed by atoms with Gasteiger partial charge in [0.2, 0.25) is 0 Å². The van der Waals surface area contributed by atoms with E-state index >= 15 is 0 Å². The topological polar surface area (TPSA) is 45.8 Å². The summed E-state index contributed by atoms with van der Waals surface area (Å²) < 4.78 is 1.73. The molecule has 0 saturated carbocycles. The number of alkyl halides is 1. The maximum atomic E-state index is 11.0. The molecule has 1 aromatic rings. The van der Waals surface area contributed by atoms with Gasteiger partial charge in [0, 0.05) is 24.0 Å². The summed E-state index contributed by atoms with van der Waals surface area (Å²) in [7, 11) is 0. The second-order valence-corrected chi connectivity index (χ2v) is 3.31. The van der Waals surface area contributed by atoms with Crippen LogP contribution in [-0.4, -0.2) is 9.94 Å². The van der Waals surface area contributed by atoms with Crippen LogP contribution in [0, 0.1) is 18.3 Å². The Morgan fingerprint density at radius 2 is 2.46 bits per heavy atom. The highest BCUT2D eigenvalue weighted by Crippen LogP contribution is 1.99. The van der Waals surface area contributed by atoms with E-state index < -0.39 is 5.38 Å². The summed E-state index contributed by atoms with van der Waals surface area (Å²) >= 11 is 5.63. The Labute approximate surface area is 81.2 Å². The number of halogens is 1. The highest BCUT2D eigenvalue weighted by atomic mass is 35.5. The third-order valence-corrected chi connectivity index (χ3v) is 1.91. The molecule has 0 saturated heterocycles. The van der Waals surface area contributed by atoms with Crippen LogP contribution in [0.4, 0.5) is 0 Å². The van der Waals surface area contributed by atoms with Gasteiger partial charge in [-0.3, -0.25) is 4.79 Å². The molecule has 13 heavy (non-hydrogen) atoms. The van der Waals surface area contributed by atoms with Crippen LogP contribution in [0.25, 0.3) is 0 Å². The fourth-order valence-corrected chi connectivity index (χ4v) is 1.15. The van der Waals surface area contributed by atoms with Gasteiger partial charge in [-0.25, -0.2) is 0 Å². The Hall–Kier alpha value is -1.27. The first-order valence-corrected chi connectivity index (χ1v) is 4.27. The average Bonchev–Trinajstić information content (AvgIpc) is 2.11. The number of nitrogens with zero attached hydrogens (tertiary/aromatic N) is 2. The molecule has 0 aliphatic carbocycles. The summed E-state index contributed by atoms with van der Waals surface area (Å²) in [5.74, 6) is 0. The normalized spacial score (nSPS) is 12.1. The predicted molar refractivity (Wildman–Crippen MR) is 50.7 cm³/mol. The quantitative estimate of drug-likeness (QED) is 0.670. The van der Waals surface area contributed by atoms with Gasteiger partial charge in [0.15, 0.2) is 5.43 Å². The third kappa shape index (κ3) is 2.60. The summed E-state index contributed by atoms with van der Waals surface area (Å²) in [6, 6.07) is 3.38. The van der Waals surface area contributed by atoms with Crippen LogP contribution in [0.2, 0.25) is 0 Å². The zero-order valence-electron chi connectivity index (χ0n) is 7.20. The van der Waals surface area contributed by atoms with Crippen LogP contribution in [0.3, 0.4) is 0 Å². The minimum atomic E-state index is -0.554. The minimum absolute atomic E-state index is 0.000620. The lowest BCUT2D eigenvalue weighted by Gasteiger charge is -2.06. The van der Waals surface area contributed by atoms with Crippen molar-refractivity contribution in [2.45, 2.75) is 18.8 Å². The third-order valence-electron chi connectivity index (χ3n) is 1.68. The first-order valence-electron chi connectivity index (χ1n) is 3.84. The van der Waals surface area contributed by atoms with Gasteiger partial charge in [-0.15, -0.1) is 11.6 Å². The summed E-state index contributed by atoms with van der Waals surface area (Å²) in [4.78, 5) is 11.0. The monoisotopic (exact) mass is 196 g/mol. The van der Waals surface area contributed by atoms with Gasteiger partial charge in [-0.05, 0) is 6.92 Å². The van der Waals surface area contributed by atoms with Crippen LogP contribution in [0.5, 0.6) is 0 Å². The van der Waals surface area contributed by atoms with Crippen molar-refractivity contribution in [3.63, 3.8) is 0 Å². The second-order valence-electron chi connectivity index (χ2n) is 2.79. The molecule has 1 rings (SSSR count). The van der Waals surface area contributed by atoms with E-state index in [9.17, 15) is 4.79 Å². The number of hydrogen-bond acceptors (Lipinski definition) is 2. The summed E-state index contributed by atoms with van der Waals surface area (Å²) in [5, 5.41) is 7.91. The zero-order chi connectivity index (χ0) is 9.84. The van der Waals surface area contributed by atoms with Crippen LogP contribution in [0.15, 0.2) is 23.3 Å². The van der Waals surface area contributed by atoms with Crippen molar-refractivity contribution in [3.8, 4) is 6.07 Å². The van der Waals surface area contributed by atoms with E-state index in [0.29, 0.717) is 12.1 Å². The fourth-order valence-electron chi connectivity index (χ4n) is 0.990. The minimum Gasteiger partial charge on any atom is -0.351 e. The van der Waals surface area contributed by atoms with Crippen LogP contribution < -0.4 is 5.43 Å². The maximum Gasteiger partial charge on any atom is 0.184 e. The zero-order valence-corrected chi connectivity index (χ0v) is 7.95. The lowest BCUT2D eigenvalue weighted by molar-refractivity contribution is 0.710. The number of nitriles is 1. The highest BCUT2D eigenvalue weighted by Gasteiger charge is 2.02. The van der Waals surface area contributed by atoms with E-state index in [1.54, 1.807) is 23.9 Å². The van der Waals surface area contributed by atoms with Gasteiger partial charge in [0.1, 0.15) is 5.38 Å². The molecule has 0 aliphatic rings. The van der Waals surface area contributed by atoms with Crippen molar-refractivity contribution in [1.29, 1.82) is 5.26 Å². The van der Waals surface area contributed by atoms with Crippen molar-refractivity contribution in [2.75, 3.05) is 0 Å². The summed E-state index contributed by atoms with van der Waals surface area (Å²) in [6.45, 7) is 2.13. The fraction of sp³-hybridized carbons (Fsp3) is 0.333. The molecule has 0 radical (unpaired) electrons. The summed E-state index contributed by atoms with van der Waals surface area (Å²) in [6.07, 6.45) is 3.32. The lowest BCUT2D eigenvalue weighted by Crippen LogP contribution is -2.13. The number of hydrogen-bond donors (Lipinski definition) is 0. The molecule has 1 atom stereocenters. The molecule has 68 valence electrons. The molecule has 1 heterocycles.